The molecule has 9 nitrogen and oxygen atoms in total. The number of halogens is 1. The third kappa shape index (κ3) is 4.69. The second-order valence-electron chi connectivity index (χ2n) is 7.45. The topological polar surface area (TPSA) is 123 Å². The number of hydrogen-bond donors (Lipinski definition) is 3. The molecule has 2 atom stereocenters. The first-order valence-corrected chi connectivity index (χ1v) is 11.4. The van der Waals surface area contributed by atoms with Crippen LogP contribution in [0.3, 0.4) is 0 Å². The Hall–Kier alpha value is -2.21. The van der Waals surface area contributed by atoms with Crippen LogP contribution in [0.25, 0.3) is 0 Å². The van der Waals surface area contributed by atoms with Gasteiger partial charge >= 0.3 is 0 Å². The van der Waals surface area contributed by atoms with E-state index in [0.29, 0.717) is 17.4 Å². The van der Waals surface area contributed by atoms with Gasteiger partial charge in [0.15, 0.2) is 0 Å². The van der Waals surface area contributed by atoms with Crippen LogP contribution in [0.2, 0.25) is 5.02 Å². The number of hydrogen-bond acceptors (Lipinski definition) is 7. The van der Waals surface area contributed by atoms with Crippen molar-refractivity contribution in [1.29, 1.82) is 0 Å². The summed E-state index contributed by atoms with van der Waals surface area (Å²) < 4.78 is 44.8. The molecule has 1 saturated carbocycles. The Kier molecular flexibility index (Phi) is 6.20. The van der Waals surface area contributed by atoms with Gasteiger partial charge in [0.05, 0.1) is 17.1 Å². The van der Waals surface area contributed by atoms with Crippen molar-refractivity contribution in [2.45, 2.75) is 42.1 Å². The van der Waals surface area contributed by atoms with Crippen molar-refractivity contribution in [2.24, 2.45) is 0 Å². The molecule has 0 aromatic heterocycles. The van der Waals surface area contributed by atoms with Gasteiger partial charge < -0.3 is 14.2 Å². The first-order chi connectivity index (χ1) is 14.8. The summed E-state index contributed by atoms with van der Waals surface area (Å²) in [5.74, 6) is -0.380. The third-order valence-electron chi connectivity index (χ3n) is 5.40. The van der Waals surface area contributed by atoms with Crippen LogP contribution < -0.4 is 14.9 Å². The van der Waals surface area contributed by atoms with Crippen molar-refractivity contribution in [1.82, 2.24) is 10.2 Å². The molecular formula is C20H21ClN2O7S. The summed E-state index contributed by atoms with van der Waals surface area (Å²) >= 11 is 5.86. The largest absolute Gasteiger partial charge is 0.489 e. The fourth-order valence-electron chi connectivity index (χ4n) is 3.78. The Labute approximate surface area is 184 Å². The number of nitrogens with one attached hydrogen (secondary N) is 2. The fourth-order valence-corrected chi connectivity index (χ4v) is 5.29. The average Bonchev–Trinajstić information content (AvgIpc) is 3.32. The van der Waals surface area contributed by atoms with Gasteiger partial charge in [-0.15, -0.1) is 0 Å². The van der Waals surface area contributed by atoms with Crippen LogP contribution in [0.5, 0.6) is 5.75 Å². The number of amides is 1. The molecule has 1 heterocycles. The molecule has 2 fully saturated rings. The Morgan fingerprint density at radius 3 is 2.29 bits per heavy atom. The molecule has 0 bridgehead atoms. The summed E-state index contributed by atoms with van der Waals surface area (Å²) in [7, 11) is -4.08. The number of ether oxygens (including phenoxy) is 3. The number of benzene rings is 2. The van der Waals surface area contributed by atoms with Crippen LogP contribution in [0.4, 0.5) is 0 Å². The monoisotopic (exact) mass is 468 g/mol. The lowest BCUT2D eigenvalue weighted by atomic mass is 9.98. The van der Waals surface area contributed by atoms with Gasteiger partial charge in [0.1, 0.15) is 24.7 Å². The van der Waals surface area contributed by atoms with E-state index in [1.807, 2.05) is 12.1 Å². The number of fused-ring (bicyclic) bond motifs is 1. The predicted octanol–water partition coefficient (Wildman–Crippen LogP) is 1.98. The van der Waals surface area contributed by atoms with E-state index in [1.165, 1.54) is 24.3 Å². The summed E-state index contributed by atoms with van der Waals surface area (Å²) in [5, 5.41) is 9.78. The maximum absolute atomic E-state index is 12.9. The molecule has 1 amide bonds. The zero-order chi connectivity index (χ0) is 22.1. The van der Waals surface area contributed by atoms with Gasteiger partial charge in [-0.1, -0.05) is 23.7 Å². The van der Waals surface area contributed by atoms with Gasteiger partial charge in [0, 0.05) is 17.9 Å². The van der Waals surface area contributed by atoms with Crippen LogP contribution in [0.1, 0.15) is 18.4 Å². The minimum Gasteiger partial charge on any atom is -0.489 e. The van der Waals surface area contributed by atoms with E-state index in [4.69, 9.17) is 31.0 Å². The molecule has 0 spiro atoms. The minimum atomic E-state index is -4.08. The average molecular weight is 469 g/mol. The van der Waals surface area contributed by atoms with Crippen molar-refractivity contribution in [3.63, 3.8) is 0 Å². The van der Waals surface area contributed by atoms with Crippen molar-refractivity contribution >= 4 is 27.5 Å². The first kappa shape index (κ1) is 22.0. The minimum absolute atomic E-state index is 0.0460. The van der Waals surface area contributed by atoms with Crippen LogP contribution in [-0.2, 0) is 30.9 Å². The zero-order valence-corrected chi connectivity index (χ0v) is 17.9. The lowest BCUT2D eigenvalue weighted by Crippen LogP contribution is -2.57. The lowest BCUT2D eigenvalue weighted by molar-refractivity contribution is -0.136. The van der Waals surface area contributed by atoms with Crippen molar-refractivity contribution in [3.05, 3.63) is 59.1 Å². The Morgan fingerprint density at radius 2 is 1.71 bits per heavy atom. The number of carbonyl (C=O) groups is 1. The summed E-state index contributed by atoms with van der Waals surface area (Å²) in [5.41, 5.74) is 0.887. The summed E-state index contributed by atoms with van der Waals surface area (Å²) in [6.45, 7) is 0.389. The smallest absolute Gasteiger partial charge is 0.264 e. The molecule has 166 valence electrons. The predicted molar refractivity (Wildman–Crippen MR) is 109 cm³/mol. The lowest BCUT2D eigenvalue weighted by Gasteiger charge is -2.28. The van der Waals surface area contributed by atoms with Gasteiger partial charge in [-0.2, -0.15) is 4.72 Å². The van der Waals surface area contributed by atoms with Gasteiger partial charge in [-0.25, -0.2) is 13.9 Å². The van der Waals surface area contributed by atoms with E-state index < -0.39 is 33.7 Å². The maximum Gasteiger partial charge on any atom is 0.264 e. The van der Waals surface area contributed by atoms with Gasteiger partial charge in [0.2, 0.25) is 10.0 Å². The normalized spacial score (nSPS) is 25.2. The van der Waals surface area contributed by atoms with Crippen molar-refractivity contribution in [3.8, 4) is 5.75 Å². The summed E-state index contributed by atoms with van der Waals surface area (Å²) in [6.07, 6.45) is -0.760. The Morgan fingerprint density at radius 1 is 1.10 bits per heavy atom. The highest BCUT2D eigenvalue weighted by Gasteiger charge is 2.55. The Balaban J connectivity index is 1.46. The van der Waals surface area contributed by atoms with E-state index in [1.54, 1.807) is 17.6 Å². The second kappa shape index (κ2) is 8.73. The van der Waals surface area contributed by atoms with E-state index in [2.05, 4.69) is 4.72 Å². The van der Waals surface area contributed by atoms with Gasteiger partial charge in [-0.05, 0) is 42.0 Å². The highest BCUT2D eigenvalue weighted by Crippen LogP contribution is 2.38. The molecule has 2 aromatic rings. The molecule has 3 N–H and O–H groups in total. The Bertz CT molecular complexity index is 1030. The number of carbonyl (C=O) groups excluding carboxylic acids is 1. The number of sulfonamides is 1. The van der Waals surface area contributed by atoms with Crippen LogP contribution in [-0.4, -0.2) is 44.1 Å². The van der Waals surface area contributed by atoms with Crippen LogP contribution in [0.15, 0.2) is 53.4 Å². The molecule has 4 rings (SSSR count). The fraction of sp³-hybridized carbons (Fsp3) is 0.350. The van der Waals surface area contributed by atoms with E-state index >= 15 is 0 Å². The first-order valence-electron chi connectivity index (χ1n) is 9.50. The SMILES string of the molecule is O=C(NO)C1(NS(=O)(=O)c2ccc(OCc3ccc(Cl)cc3)cc2)CC2OCOC2C1. The molecule has 1 aliphatic heterocycles. The molecule has 1 aliphatic carbocycles. The molecule has 0 radical (unpaired) electrons. The molecular weight excluding hydrogens is 448 g/mol. The molecule has 2 unspecified atom stereocenters. The molecule has 11 heteroatoms. The summed E-state index contributed by atoms with van der Waals surface area (Å²) in [4.78, 5) is 12.3. The van der Waals surface area contributed by atoms with Gasteiger partial charge in [0.25, 0.3) is 5.91 Å². The van der Waals surface area contributed by atoms with Crippen molar-refractivity contribution in [2.75, 3.05) is 6.79 Å². The van der Waals surface area contributed by atoms with Crippen molar-refractivity contribution < 1.29 is 32.6 Å². The molecule has 2 aliphatic rings. The second-order valence-corrected chi connectivity index (χ2v) is 9.57. The van der Waals surface area contributed by atoms with E-state index in [-0.39, 0.29) is 24.5 Å². The van der Waals surface area contributed by atoms with E-state index in [9.17, 15) is 13.2 Å². The van der Waals surface area contributed by atoms with E-state index in [0.717, 1.165) is 5.56 Å². The van der Waals surface area contributed by atoms with Crippen LogP contribution in [0, 0.1) is 0 Å². The highest BCUT2D eigenvalue weighted by atomic mass is 35.5. The number of hydroxylamine groups is 1. The highest BCUT2D eigenvalue weighted by molar-refractivity contribution is 7.89. The third-order valence-corrected chi connectivity index (χ3v) is 7.20. The molecule has 1 saturated heterocycles. The number of rotatable bonds is 7. The summed E-state index contributed by atoms with van der Waals surface area (Å²) in [6, 6.07) is 13.0. The van der Waals surface area contributed by atoms with Gasteiger partial charge in [-0.3, -0.25) is 10.0 Å². The zero-order valence-electron chi connectivity index (χ0n) is 16.3. The molecule has 31 heavy (non-hydrogen) atoms. The molecule has 2 aromatic carbocycles. The standard InChI is InChI=1S/C20H21ClN2O7S/c21-14-3-1-13(2-4-14)11-28-15-5-7-16(8-6-15)31(26,27)23-20(19(24)22-25)9-17-18(10-20)30-12-29-17/h1-8,17-18,23,25H,9-12H2,(H,22,24). The quantitative estimate of drug-likeness (QED) is 0.419. The van der Waals surface area contributed by atoms with Crippen LogP contribution >= 0.6 is 11.6 Å². The maximum atomic E-state index is 12.9.